The third-order valence-electron chi connectivity index (χ3n) is 5.05. The second kappa shape index (κ2) is 6.75. The topological polar surface area (TPSA) is 29.3 Å². The summed E-state index contributed by atoms with van der Waals surface area (Å²) in [4.78, 5) is 2.59. The van der Waals surface area contributed by atoms with Gasteiger partial charge >= 0.3 is 0 Å². The molecule has 102 valence electrons. The first-order valence-corrected chi connectivity index (χ1v) is 7.47. The largest absolute Gasteiger partial charge is 0.330 e. The standard InChI is InChI=1S/C15H32N2/c1-5-15(6-2,11-16)12-17(4)14-9-7-8-13(3)10-14/h13-14H,5-12,16H2,1-4H3. The van der Waals surface area contributed by atoms with Gasteiger partial charge in [0.05, 0.1) is 0 Å². The highest BCUT2D eigenvalue weighted by atomic mass is 15.1. The molecular formula is C15H32N2. The predicted octanol–water partition coefficient (Wildman–Crippen LogP) is 3.26. The molecular weight excluding hydrogens is 208 g/mol. The van der Waals surface area contributed by atoms with E-state index in [0.717, 1.165) is 18.5 Å². The van der Waals surface area contributed by atoms with E-state index in [2.05, 4.69) is 32.7 Å². The molecule has 1 saturated carbocycles. The van der Waals surface area contributed by atoms with Crippen molar-refractivity contribution in [1.82, 2.24) is 4.90 Å². The van der Waals surface area contributed by atoms with Gasteiger partial charge < -0.3 is 10.6 Å². The van der Waals surface area contributed by atoms with Crippen molar-refractivity contribution in [3.63, 3.8) is 0 Å². The second-order valence-electron chi connectivity index (χ2n) is 6.25. The maximum Gasteiger partial charge on any atom is 0.00949 e. The van der Waals surface area contributed by atoms with Crippen LogP contribution >= 0.6 is 0 Å². The van der Waals surface area contributed by atoms with Gasteiger partial charge in [0.15, 0.2) is 0 Å². The molecule has 1 rings (SSSR count). The number of hydrogen-bond acceptors (Lipinski definition) is 2. The monoisotopic (exact) mass is 240 g/mol. The summed E-state index contributed by atoms with van der Waals surface area (Å²) in [7, 11) is 2.30. The van der Waals surface area contributed by atoms with Gasteiger partial charge in [-0.05, 0) is 50.6 Å². The van der Waals surface area contributed by atoms with E-state index in [4.69, 9.17) is 5.73 Å². The Kier molecular flexibility index (Phi) is 5.94. The second-order valence-corrected chi connectivity index (χ2v) is 6.25. The van der Waals surface area contributed by atoms with E-state index >= 15 is 0 Å². The van der Waals surface area contributed by atoms with Crippen molar-refractivity contribution in [2.75, 3.05) is 20.1 Å². The van der Waals surface area contributed by atoms with Gasteiger partial charge in [-0.2, -0.15) is 0 Å². The minimum Gasteiger partial charge on any atom is -0.330 e. The molecule has 0 spiro atoms. The predicted molar refractivity (Wildman–Crippen MR) is 76.1 cm³/mol. The van der Waals surface area contributed by atoms with E-state index in [1.54, 1.807) is 0 Å². The van der Waals surface area contributed by atoms with Crippen LogP contribution in [0.3, 0.4) is 0 Å². The van der Waals surface area contributed by atoms with E-state index in [1.165, 1.54) is 45.1 Å². The Labute approximate surface area is 108 Å². The lowest BCUT2D eigenvalue weighted by atomic mass is 9.80. The number of rotatable bonds is 6. The van der Waals surface area contributed by atoms with Crippen molar-refractivity contribution in [2.45, 2.75) is 65.3 Å². The third kappa shape index (κ3) is 3.96. The van der Waals surface area contributed by atoms with Crippen LogP contribution in [0.1, 0.15) is 59.3 Å². The van der Waals surface area contributed by atoms with Crippen molar-refractivity contribution >= 4 is 0 Å². The van der Waals surface area contributed by atoms with E-state index in [1.807, 2.05) is 0 Å². The van der Waals surface area contributed by atoms with Crippen LogP contribution in [-0.2, 0) is 0 Å². The van der Waals surface area contributed by atoms with Crippen LogP contribution in [0.2, 0.25) is 0 Å². The van der Waals surface area contributed by atoms with E-state index in [0.29, 0.717) is 5.41 Å². The zero-order chi connectivity index (χ0) is 12.9. The summed E-state index contributed by atoms with van der Waals surface area (Å²) in [5.74, 6) is 0.909. The zero-order valence-corrected chi connectivity index (χ0v) is 12.3. The maximum absolute atomic E-state index is 6.01. The van der Waals surface area contributed by atoms with Crippen LogP contribution in [0.25, 0.3) is 0 Å². The highest BCUT2D eigenvalue weighted by Crippen LogP contribution is 2.31. The summed E-state index contributed by atoms with van der Waals surface area (Å²) in [6, 6.07) is 0.794. The molecule has 2 N–H and O–H groups in total. The zero-order valence-electron chi connectivity index (χ0n) is 12.3. The van der Waals surface area contributed by atoms with Crippen molar-refractivity contribution in [1.29, 1.82) is 0 Å². The Morgan fingerprint density at radius 3 is 2.35 bits per heavy atom. The molecule has 1 aliphatic carbocycles. The molecule has 0 heterocycles. The van der Waals surface area contributed by atoms with Gasteiger partial charge in [0.1, 0.15) is 0 Å². The van der Waals surface area contributed by atoms with Crippen LogP contribution in [0.15, 0.2) is 0 Å². The average Bonchev–Trinajstić information content (AvgIpc) is 2.36. The lowest BCUT2D eigenvalue weighted by molar-refractivity contribution is 0.0973. The summed E-state index contributed by atoms with van der Waals surface area (Å²) in [6.45, 7) is 8.97. The van der Waals surface area contributed by atoms with Gasteiger partial charge in [-0.25, -0.2) is 0 Å². The van der Waals surface area contributed by atoms with E-state index in [9.17, 15) is 0 Å². The van der Waals surface area contributed by atoms with Gasteiger partial charge in [-0.15, -0.1) is 0 Å². The summed E-state index contributed by atoms with van der Waals surface area (Å²) >= 11 is 0. The molecule has 2 nitrogen and oxygen atoms in total. The summed E-state index contributed by atoms with van der Waals surface area (Å²) < 4.78 is 0. The molecule has 17 heavy (non-hydrogen) atoms. The third-order valence-corrected chi connectivity index (χ3v) is 5.05. The first-order valence-electron chi connectivity index (χ1n) is 7.47. The fourth-order valence-electron chi connectivity index (χ4n) is 3.29. The molecule has 0 bridgehead atoms. The molecule has 0 amide bonds. The van der Waals surface area contributed by atoms with Crippen molar-refractivity contribution < 1.29 is 0 Å². The molecule has 0 aromatic rings. The Morgan fingerprint density at radius 1 is 1.24 bits per heavy atom. The summed E-state index contributed by atoms with van der Waals surface area (Å²) in [5.41, 5.74) is 6.35. The average molecular weight is 240 g/mol. The fraction of sp³-hybridized carbons (Fsp3) is 1.00. The summed E-state index contributed by atoms with van der Waals surface area (Å²) in [5, 5.41) is 0. The van der Waals surface area contributed by atoms with Crippen LogP contribution in [0.4, 0.5) is 0 Å². The molecule has 1 fully saturated rings. The van der Waals surface area contributed by atoms with Crippen LogP contribution in [0, 0.1) is 11.3 Å². The van der Waals surface area contributed by atoms with Crippen LogP contribution in [-0.4, -0.2) is 31.1 Å². The Hall–Kier alpha value is -0.0800. The molecule has 2 unspecified atom stereocenters. The number of nitrogens with zero attached hydrogens (tertiary/aromatic N) is 1. The molecule has 1 aliphatic rings. The van der Waals surface area contributed by atoms with Gasteiger partial charge in [-0.1, -0.05) is 33.6 Å². The van der Waals surface area contributed by atoms with Crippen molar-refractivity contribution in [3.8, 4) is 0 Å². The number of hydrogen-bond donors (Lipinski definition) is 1. The number of nitrogens with two attached hydrogens (primary N) is 1. The van der Waals surface area contributed by atoms with Crippen molar-refractivity contribution in [3.05, 3.63) is 0 Å². The first kappa shape index (κ1) is 15.0. The van der Waals surface area contributed by atoms with Crippen LogP contribution < -0.4 is 5.73 Å². The molecule has 0 saturated heterocycles. The molecule has 2 heteroatoms. The maximum atomic E-state index is 6.01. The smallest absolute Gasteiger partial charge is 0.00949 e. The minimum absolute atomic E-state index is 0.343. The van der Waals surface area contributed by atoms with Gasteiger partial charge in [-0.3, -0.25) is 0 Å². The van der Waals surface area contributed by atoms with Gasteiger partial charge in [0.2, 0.25) is 0 Å². The highest BCUT2D eigenvalue weighted by molar-refractivity contribution is 4.85. The Morgan fingerprint density at radius 2 is 1.88 bits per heavy atom. The first-order chi connectivity index (χ1) is 8.06. The lowest BCUT2D eigenvalue weighted by Gasteiger charge is -2.40. The van der Waals surface area contributed by atoms with Gasteiger partial charge in [0.25, 0.3) is 0 Å². The Balaban J connectivity index is 2.54. The fourth-order valence-corrected chi connectivity index (χ4v) is 3.29. The highest BCUT2D eigenvalue weighted by Gasteiger charge is 2.30. The van der Waals surface area contributed by atoms with E-state index < -0.39 is 0 Å². The van der Waals surface area contributed by atoms with Crippen LogP contribution in [0.5, 0.6) is 0 Å². The normalized spacial score (nSPS) is 26.5. The van der Waals surface area contributed by atoms with Crippen molar-refractivity contribution in [2.24, 2.45) is 17.1 Å². The molecule has 0 aromatic heterocycles. The minimum atomic E-state index is 0.343. The van der Waals surface area contributed by atoms with Gasteiger partial charge in [0, 0.05) is 12.6 Å². The SMILES string of the molecule is CCC(CC)(CN)CN(C)C1CCCC(C)C1. The summed E-state index contributed by atoms with van der Waals surface area (Å²) in [6.07, 6.45) is 8.00. The molecule has 0 radical (unpaired) electrons. The quantitative estimate of drug-likeness (QED) is 0.772. The van der Waals surface area contributed by atoms with E-state index in [-0.39, 0.29) is 0 Å². The lowest BCUT2D eigenvalue weighted by Crippen LogP contribution is -2.45. The molecule has 0 aromatic carbocycles. The Bertz CT molecular complexity index is 203. The molecule has 0 aliphatic heterocycles. The molecule has 2 atom stereocenters.